The van der Waals surface area contributed by atoms with Gasteiger partial charge in [0, 0.05) is 44.7 Å². The van der Waals surface area contributed by atoms with Gasteiger partial charge in [0.1, 0.15) is 0 Å². The van der Waals surface area contributed by atoms with Crippen LogP contribution in [0, 0.1) is 17.3 Å². The molecule has 0 amide bonds. The number of aliphatic carboxylic acids is 2. The molecule has 3 aliphatic heterocycles. The molecule has 3 rings (SSSR count). The SMILES string of the molecule is CC.CC(C)C1CCN(CCC(=O)O)CC1.CN1CC2(C1)CN(CCC(=O)O)C2. The topological polar surface area (TPSA) is 84.3 Å². The van der Waals surface area contributed by atoms with E-state index in [0.717, 1.165) is 51.1 Å². The Kier molecular flexibility index (Phi) is 11.1. The Morgan fingerprint density at radius 1 is 0.897 bits per heavy atom. The molecular formula is C22H43N3O4. The van der Waals surface area contributed by atoms with Gasteiger partial charge in [-0.05, 0) is 44.8 Å². The molecule has 0 unspecified atom stereocenters. The molecule has 0 aromatic carbocycles. The third-order valence-corrected chi connectivity index (χ3v) is 6.19. The van der Waals surface area contributed by atoms with Gasteiger partial charge in [0.25, 0.3) is 0 Å². The fourth-order valence-electron chi connectivity index (χ4n) is 4.71. The summed E-state index contributed by atoms with van der Waals surface area (Å²) in [7, 11) is 2.13. The van der Waals surface area contributed by atoms with Crippen molar-refractivity contribution < 1.29 is 19.8 Å². The van der Waals surface area contributed by atoms with E-state index in [0.29, 0.717) is 5.41 Å². The second-order valence-corrected chi connectivity index (χ2v) is 9.09. The molecule has 0 aromatic heterocycles. The molecule has 29 heavy (non-hydrogen) atoms. The van der Waals surface area contributed by atoms with Gasteiger partial charge in [-0.3, -0.25) is 9.59 Å². The van der Waals surface area contributed by atoms with Crippen molar-refractivity contribution in [2.75, 3.05) is 59.4 Å². The molecule has 3 aliphatic rings. The summed E-state index contributed by atoms with van der Waals surface area (Å²) in [5.41, 5.74) is 0.535. The van der Waals surface area contributed by atoms with Crippen LogP contribution in [0.4, 0.5) is 0 Å². The van der Waals surface area contributed by atoms with Gasteiger partial charge >= 0.3 is 11.9 Å². The average Bonchev–Trinajstić information content (AvgIpc) is 2.63. The monoisotopic (exact) mass is 413 g/mol. The molecule has 3 heterocycles. The van der Waals surface area contributed by atoms with Crippen molar-refractivity contribution in [1.29, 1.82) is 0 Å². The molecule has 0 aliphatic carbocycles. The van der Waals surface area contributed by atoms with Crippen LogP contribution in [0.25, 0.3) is 0 Å². The number of hydrogen-bond donors (Lipinski definition) is 2. The Labute approximate surface area is 177 Å². The molecule has 0 aromatic rings. The predicted octanol–water partition coefficient (Wildman–Crippen LogP) is 2.56. The molecule has 3 saturated heterocycles. The van der Waals surface area contributed by atoms with Crippen LogP contribution in [0.5, 0.6) is 0 Å². The average molecular weight is 414 g/mol. The normalized spacial score (nSPS) is 22.0. The van der Waals surface area contributed by atoms with Crippen molar-refractivity contribution in [3.63, 3.8) is 0 Å². The van der Waals surface area contributed by atoms with Crippen LogP contribution >= 0.6 is 0 Å². The first kappa shape index (κ1) is 25.9. The second kappa shape index (κ2) is 12.5. The zero-order valence-corrected chi connectivity index (χ0v) is 19.2. The van der Waals surface area contributed by atoms with E-state index >= 15 is 0 Å². The number of carbonyl (C=O) groups is 2. The van der Waals surface area contributed by atoms with Crippen LogP contribution in [0.15, 0.2) is 0 Å². The van der Waals surface area contributed by atoms with Crippen LogP contribution in [0.2, 0.25) is 0 Å². The molecule has 7 heteroatoms. The molecule has 0 saturated carbocycles. The van der Waals surface area contributed by atoms with Gasteiger partial charge in [0.05, 0.1) is 12.8 Å². The predicted molar refractivity (Wildman–Crippen MR) is 116 cm³/mol. The molecule has 0 atom stereocenters. The zero-order chi connectivity index (χ0) is 22.0. The minimum absolute atomic E-state index is 0.284. The van der Waals surface area contributed by atoms with Crippen LogP contribution in [0.1, 0.15) is 53.4 Å². The van der Waals surface area contributed by atoms with Crippen molar-refractivity contribution in [1.82, 2.24) is 14.7 Å². The van der Waals surface area contributed by atoms with Gasteiger partial charge in [0.15, 0.2) is 0 Å². The van der Waals surface area contributed by atoms with E-state index in [4.69, 9.17) is 10.2 Å². The van der Waals surface area contributed by atoms with Crippen molar-refractivity contribution in [2.45, 2.75) is 53.4 Å². The number of hydrogen-bond acceptors (Lipinski definition) is 5. The summed E-state index contributed by atoms with van der Waals surface area (Å²) in [6, 6.07) is 0. The number of likely N-dealkylation sites (tertiary alicyclic amines) is 3. The van der Waals surface area contributed by atoms with E-state index in [-0.39, 0.29) is 12.8 Å². The Bertz CT molecular complexity index is 490. The minimum Gasteiger partial charge on any atom is -0.481 e. The molecule has 7 nitrogen and oxygen atoms in total. The number of carboxylic acids is 2. The van der Waals surface area contributed by atoms with Gasteiger partial charge in [-0.1, -0.05) is 27.7 Å². The first-order chi connectivity index (χ1) is 13.7. The highest BCUT2D eigenvalue weighted by molar-refractivity contribution is 5.67. The second-order valence-electron chi connectivity index (χ2n) is 9.09. The highest BCUT2D eigenvalue weighted by atomic mass is 16.4. The molecule has 1 spiro atoms. The van der Waals surface area contributed by atoms with Crippen LogP contribution < -0.4 is 0 Å². The third kappa shape index (κ3) is 9.01. The van der Waals surface area contributed by atoms with E-state index in [1.807, 2.05) is 13.8 Å². The number of rotatable bonds is 7. The standard InChI is InChI=1S/C11H21NO2.C9H16N2O2.C2H6/c1-9(2)10-3-6-12(7-4-10)8-5-11(13)14;1-10-4-9(5-10)6-11(7-9)3-2-8(12)13;1-2/h9-10H,3-8H2,1-2H3,(H,13,14);2-7H2,1H3,(H,12,13);1-2H3. The zero-order valence-electron chi connectivity index (χ0n) is 19.2. The lowest BCUT2D eigenvalue weighted by Gasteiger charge is -2.59. The van der Waals surface area contributed by atoms with Crippen LogP contribution in [-0.2, 0) is 9.59 Å². The first-order valence-corrected chi connectivity index (χ1v) is 11.3. The maximum Gasteiger partial charge on any atom is 0.304 e. The maximum absolute atomic E-state index is 10.4. The molecular weight excluding hydrogens is 370 g/mol. The number of carboxylic acid groups (broad SMARTS) is 2. The lowest BCUT2D eigenvalue weighted by atomic mass is 9.73. The number of nitrogens with zero attached hydrogens (tertiary/aromatic N) is 3. The Balaban J connectivity index is 0.000000268. The van der Waals surface area contributed by atoms with E-state index in [9.17, 15) is 9.59 Å². The molecule has 2 N–H and O–H groups in total. The minimum atomic E-state index is -0.688. The summed E-state index contributed by atoms with van der Waals surface area (Å²) in [6.07, 6.45) is 3.03. The summed E-state index contributed by atoms with van der Waals surface area (Å²) in [5, 5.41) is 17.0. The Hall–Kier alpha value is -1.18. The van der Waals surface area contributed by atoms with E-state index < -0.39 is 11.9 Å². The lowest BCUT2D eigenvalue weighted by molar-refractivity contribution is -0.140. The van der Waals surface area contributed by atoms with Gasteiger partial charge < -0.3 is 24.9 Å². The molecule has 0 radical (unpaired) electrons. The lowest BCUT2D eigenvalue weighted by Crippen LogP contribution is -2.71. The third-order valence-electron chi connectivity index (χ3n) is 6.19. The summed E-state index contributed by atoms with van der Waals surface area (Å²) in [6.45, 7) is 16.7. The fraction of sp³-hybridized carbons (Fsp3) is 0.909. The van der Waals surface area contributed by atoms with E-state index in [2.05, 4.69) is 35.6 Å². The van der Waals surface area contributed by atoms with Gasteiger partial charge in [-0.2, -0.15) is 0 Å². The van der Waals surface area contributed by atoms with Gasteiger partial charge in [-0.15, -0.1) is 0 Å². The first-order valence-electron chi connectivity index (χ1n) is 11.3. The summed E-state index contributed by atoms with van der Waals surface area (Å²) in [4.78, 5) is 27.5. The summed E-state index contributed by atoms with van der Waals surface area (Å²) < 4.78 is 0. The molecule has 0 bridgehead atoms. The van der Waals surface area contributed by atoms with Crippen LogP contribution in [-0.4, -0.2) is 96.3 Å². The van der Waals surface area contributed by atoms with Gasteiger partial charge in [-0.25, -0.2) is 0 Å². The Morgan fingerprint density at radius 2 is 1.34 bits per heavy atom. The number of piperidine rings is 1. The molecule has 3 fully saturated rings. The largest absolute Gasteiger partial charge is 0.481 e. The van der Waals surface area contributed by atoms with Crippen molar-refractivity contribution in [2.24, 2.45) is 17.3 Å². The quantitative estimate of drug-likeness (QED) is 0.663. The fourth-order valence-corrected chi connectivity index (χ4v) is 4.71. The Morgan fingerprint density at radius 3 is 1.72 bits per heavy atom. The van der Waals surface area contributed by atoms with Gasteiger partial charge in [0.2, 0.25) is 0 Å². The van der Waals surface area contributed by atoms with Crippen molar-refractivity contribution in [3.05, 3.63) is 0 Å². The summed E-state index contributed by atoms with van der Waals surface area (Å²) >= 11 is 0. The highest BCUT2D eigenvalue weighted by Gasteiger charge is 2.49. The maximum atomic E-state index is 10.4. The molecule has 170 valence electrons. The smallest absolute Gasteiger partial charge is 0.304 e. The van der Waals surface area contributed by atoms with E-state index in [1.165, 1.54) is 25.9 Å². The van der Waals surface area contributed by atoms with Crippen molar-refractivity contribution in [3.8, 4) is 0 Å². The summed E-state index contributed by atoms with van der Waals surface area (Å²) in [5.74, 6) is 0.246. The highest BCUT2D eigenvalue weighted by Crippen LogP contribution is 2.38. The van der Waals surface area contributed by atoms with E-state index in [1.54, 1.807) is 0 Å². The van der Waals surface area contributed by atoms with Crippen LogP contribution in [0.3, 0.4) is 0 Å². The van der Waals surface area contributed by atoms with Crippen molar-refractivity contribution >= 4 is 11.9 Å².